The highest BCUT2D eigenvalue weighted by Gasteiger charge is 2.35. The Bertz CT molecular complexity index is 760. The second-order valence-electron chi connectivity index (χ2n) is 5.98. The molecule has 0 aliphatic carbocycles. The second kappa shape index (κ2) is 8.42. The van der Waals surface area contributed by atoms with Gasteiger partial charge in [-0.25, -0.2) is 18.4 Å². The van der Waals surface area contributed by atoms with E-state index in [2.05, 4.69) is 0 Å². The lowest BCUT2D eigenvalue weighted by Gasteiger charge is -2.31. The molecule has 1 unspecified atom stereocenters. The summed E-state index contributed by atoms with van der Waals surface area (Å²) >= 11 is 0. The van der Waals surface area contributed by atoms with Crippen LogP contribution in [0.3, 0.4) is 0 Å². The summed E-state index contributed by atoms with van der Waals surface area (Å²) in [5, 5.41) is 9.57. The van der Waals surface area contributed by atoms with Crippen molar-refractivity contribution in [3.8, 4) is 0 Å². The molecule has 1 amide bonds. The third-order valence-corrected chi connectivity index (χ3v) is 3.69. The van der Waals surface area contributed by atoms with Crippen LogP contribution in [0.25, 0.3) is 0 Å². The van der Waals surface area contributed by atoms with E-state index in [1.54, 1.807) is 38.1 Å². The van der Waals surface area contributed by atoms with E-state index in [9.17, 15) is 23.5 Å². The first-order valence-corrected chi connectivity index (χ1v) is 7.97. The van der Waals surface area contributed by atoms with Gasteiger partial charge in [0.1, 0.15) is 18.2 Å². The summed E-state index contributed by atoms with van der Waals surface area (Å²) in [5.41, 5.74) is 0.550. The van der Waals surface area contributed by atoms with Crippen LogP contribution in [0.4, 0.5) is 13.6 Å². The van der Waals surface area contributed by atoms with Crippen molar-refractivity contribution in [2.24, 2.45) is 0 Å². The van der Waals surface area contributed by atoms with Gasteiger partial charge in [0.15, 0.2) is 6.04 Å². The molecule has 0 saturated heterocycles. The summed E-state index contributed by atoms with van der Waals surface area (Å²) in [5.74, 6) is -3.26. The lowest BCUT2D eigenvalue weighted by atomic mass is 10.0. The van der Waals surface area contributed by atoms with Crippen LogP contribution < -0.4 is 0 Å². The number of hydrogen-bond acceptors (Lipinski definition) is 3. The Labute approximate surface area is 149 Å². The minimum Gasteiger partial charge on any atom is -0.479 e. The van der Waals surface area contributed by atoms with E-state index in [0.717, 1.165) is 22.6 Å². The first-order valence-electron chi connectivity index (χ1n) is 7.97. The Morgan fingerprint density at radius 3 is 2.15 bits per heavy atom. The molecular weight excluding hydrogens is 344 g/mol. The highest BCUT2D eigenvalue weighted by molar-refractivity contribution is 5.81. The van der Waals surface area contributed by atoms with Crippen LogP contribution >= 0.6 is 0 Å². The molecule has 1 N–H and O–H groups in total. The van der Waals surface area contributed by atoms with Crippen LogP contribution in [-0.4, -0.2) is 28.1 Å². The number of carbonyl (C=O) groups excluding carboxylic acids is 1. The molecule has 0 heterocycles. The molecule has 0 aliphatic heterocycles. The Balaban J connectivity index is 2.29. The fraction of sp³-hybridized carbons (Fsp3) is 0.263. The number of carboxylic acids is 1. The van der Waals surface area contributed by atoms with Crippen molar-refractivity contribution in [3.63, 3.8) is 0 Å². The van der Waals surface area contributed by atoms with Crippen LogP contribution in [0.2, 0.25) is 0 Å². The first-order chi connectivity index (χ1) is 12.3. The number of carbonyl (C=O) groups is 2. The highest BCUT2D eigenvalue weighted by atomic mass is 19.1. The zero-order valence-electron chi connectivity index (χ0n) is 14.4. The summed E-state index contributed by atoms with van der Waals surface area (Å²) in [6.45, 7) is 3.14. The molecule has 7 heteroatoms. The number of nitrogens with zero attached hydrogens (tertiary/aromatic N) is 1. The number of rotatable bonds is 6. The smallest absolute Gasteiger partial charge is 0.411 e. The Morgan fingerprint density at radius 2 is 1.65 bits per heavy atom. The molecule has 0 spiro atoms. The summed E-state index contributed by atoms with van der Waals surface area (Å²) in [6.07, 6.45) is -0.888. The summed E-state index contributed by atoms with van der Waals surface area (Å²) in [4.78, 5) is 25.2. The molecule has 138 valence electrons. The van der Waals surface area contributed by atoms with Crippen molar-refractivity contribution in [1.29, 1.82) is 0 Å². The molecule has 0 bridgehead atoms. The van der Waals surface area contributed by atoms with Crippen molar-refractivity contribution < 1.29 is 28.2 Å². The third-order valence-electron chi connectivity index (χ3n) is 3.69. The molecule has 2 aromatic carbocycles. The zero-order valence-corrected chi connectivity index (χ0v) is 14.4. The van der Waals surface area contributed by atoms with E-state index >= 15 is 0 Å². The fourth-order valence-electron chi connectivity index (χ4n) is 2.56. The molecule has 0 aromatic heterocycles. The van der Waals surface area contributed by atoms with E-state index in [0.29, 0.717) is 6.07 Å². The Kier molecular flexibility index (Phi) is 6.27. The molecule has 5 nitrogen and oxygen atoms in total. The molecule has 0 fully saturated rings. The quantitative estimate of drug-likeness (QED) is 0.838. The van der Waals surface area contributed by atoms with Crippen LogP contribution in [-0.2, 0) is 16.1 Å². The average Bonchev–Trinajstić information content (AvgIpc) is 2.56. The van der Waals surface area contributed by atoms with Crippen molar-refractivity contribution >= 4 is 12.1 Å². The summed E-state index contributed by atoms with van der Waals surface area (Å²) in [6, 6.07) is 9.13. The van der Waals surface area contributed by atoms with Crippen LogP contribution in [0.1, 0.15) is 31.0 Å². The van der Waals surface area contributed by atoms with Gasteiger partial charge in [-0.05, 0) is 37.1 Å². The van der Waals surface area contributed by atoms with Gasteiger partial charge in [-0.15, -0.1) is 0 Å². The van der Waals surface area contributed by atoms with Crippen LogP contribution in [0, 0.1) is 11.6 Å². The molecule has 26 heavy (non-hydrogen) atoms. The maximum Gasteiger partial charge on any atom is 0.411 e. The number of hydrogen-bond donors (Lipinski definition) is 1. The van der Waals surface area contributed by atoms with Crippen LogP contribution in [0.5, 0.6) is 0 Å². The topological polar surface area (TPSA) is 66.8 Å². The monoisotopic (exact) mass is 363 g/mol. The number of ether oxygens (including phenoxy) is 1. The predicted molar refractivity (Wildman–Crippen MR) is 90.3 cm³/mol. The molecule has 0 radical (unpaired) electrons. The van der Waals surface area contributed by atoms with E-state index in [4.69, 9.17) is 4.74 Å². The molecule has 2 aromatic rings. The standard InChI is InChI=1S/C19H19F2NO4/c1-12(2)22(19(25)26-11-13-6-4-3-5-7-13)17(18(23)24)14-8-15(20)10-16(21)9-14/h3-10,12,17H,11H2,1-2H3,(H,23,24). The fourth-order valence-corrected chi connectivity index (χ4v) is 2.56. The van der Waals surface area contributed by atoms with Gasteiger partial charge in [-0.3, -0.25) is 4.90 Å². The molecule has 1 atom stereocenters. The van der Waals surface area contributed by atoms with Gasteiger partial charge in [-0.2, -0.15) is 0 Å². The van der Waals surface area contributed by atoms with Crippen molar-refractivity contribution in [1.82, 2.24) is 4.90 Å². The number of carboxylic acid groups (broad SMARTS) is 1. The van der Waals surface area contributed by atoms with Crippen LogP contribution in [0.15, 0.2) is 48.5 Å². The number of halogens is 2. The molecular formula is C19H19F2NO4. The minimum absolute atomic E-state index is 0.0489. The summed E-state index contributed by atoms with van der Waals surface area (Å²) < 4.78 is 32.2. The number of amides is 1. The normalized spacial score (nSPS) is 11.9. The first kappa shape index (κ1) is 19.4. The van der Waals surface area contributed by atoms with Gasteiger partial charge in [0, 0.05) is 12.1 Å². The van der Waals surface area contributed by atoms with Crippen molar-refractivity contribution in [2.45, 2.75) is 32.5 Å². The van der Waals surface area contributed by atoms with Crippen molar-refractivity contribution in [3.05, 3.63) is 71.3 Å². The van der Waals surface area contributed by atoms with Crippen molar-refractivity contribution in [2.75, 3.05) is 0 Å². The summed E-state index contributed by atoms with van der Waals surface area (Å²) in [7, 11) is 0. The molecule has 2 rings (SSSR count). The molecule has 0 aliphatic rings. The van der Waals surface area contributed by atoms with E-state index in [-0.39, 0.29) is 12.2 Å². The third kappa shape index (κ3) is 4.78. The second-order valence-corrected chi connectivity index (χ2v) is 5.98. The van der Waals surface area contributed by atoms with Gasteiger partial charge in [0.2, 0.25) is 0 Å². The van der Waals surface area contributed by atoms with Gasteiger partial charge in [-0.1, -0.05) is 30.3 Å². The Hall–Kier alpha value is -2.96. The maximum atomic E-state index is 13.5. The maximum absolute atomic E-state index is 13.5. The Morgan fingerprint density at radius 1 is 1.08 bits per heavy atom. The highest BCUT2D eigenvalue weighted by Crippen LogP contribution is 2.26. The number of benzene rings is 2. The van der Waals surface area contributed by atoms with Gasteiger partial charge < -0.3 is 9.84 Å². The van der Waals surface area contributed by atoms with Gasteiger partial charge >= 0.3 is 12.1 Å². The number of aliphatic carboxylic acids is 1. The zero-order chi connectivity index (χ0) is 19.3. The minimum atomic E-state index is -1.58. The predicted octanol–water partition coefficient (Wildman–Crippen LogP) is 4.14. The molecule has 0 saturated carbocycles. The van der Waals surface area contributed by atoms with Gasteiger partial charge in [0.05, 0.1) is 0 Å². The van der Waals surface area contributed by atoms with E-state index in [1.807, 2.05) is 6.07 Å². The lowest BCUT2D eigenvalue weighted by Crippen LogP contribution is -2.43. The lowest BCUT2D eigenvalue weighted by molar-refractivity contribution is -0.143. The van der Waals surface area contributed by atoms with E-state index in [1.165, 1.54) is 0 Å². The van der Waals surface area contributed by atoms with E-state index < -0.39 is 35.8 Å². The largest absolute Gasteiger partial charge is 0.479 e. The average molecular weight is 363 g/mol. The van der Waals surface area contributed by atoms with Gasteiger partial charge in [0.25, 0.3) is 0 Å². The SMILES string of the molecule is CC(C)N(C(=O)OCc1ccccc1)C(C(=O)O)c1cc(F)cc(F)c1.